The molecule has 78 heavy (non-hydrogen) atoms. The maximum atomic E-state index is 15.5. The van der Waals surface area contributed by atoms with Crippen LogP contribution in [0.3, 0.4) is 0 Å². The summed E-state index contributed by atoms with van der Waals surface area (Å²) < 4.78 is 38.4. The largest absolute Gasteiger partial charge is 0.496 e. The zero-order valence-electron chi connectivity index (χ0n) is 45.3. The summed E-state index contributed by atoms with van der Waals surface area (Å²) >= 11 is 0. The van der Waals surface area contributed by atoms with E-state index in [9.17, 15) is 25.1 Å². The van der Waals surface area contributed by atoms with E-state index in [1.54, 1.807) is 36.4 Å². The predicted octanol–water partition coefficient (Wildman–Crippen LogP) is 12.7. The fourth-order valence-electron chi connectivity index (χ4n) is 12.0. The molecule has 4 aromatic rings. The molecule has 418 valence electrons. The molecule has 16 heteroatoms. The van der Waals surface area contributed by atoms with Crippen molar-refractivity contribution < 1.29 is 58.0 Å². The van der Waals surface area contributed by atoms with Crippen LogP contribution in [0.2, 0.25) is 0 Å². The van der Waals surface area contributed by atoms with Gasteiger partial charge in [0.25, 0.3) is 5.69 Å². The van der Waals surface area contributed by atoms with Crippen molar-refractivity contribution in [1.82, 2.24) is 4.90 Å². The van der Waals surface area contributed by atoms with E-state index >= 15 is 4.79 Å². The van der Waals surface area contributed by atoms with E-state index < -0.39 is 22.7 Å². The molecule has 0 aromatic heterocycles. The second-order valence-electron chi connectivity index (χ2n) is 20.9. The minimum absolute atomic E-state index is 0.0189. The molecule has 0 spiro atoms. The van der Waals surface area contributed by atoms with E-state index in [1.807, 2.05) is 41.3 Å². The number of nitro benzene ring substituents is 1. The third-order valence-electron chi connectivity index (χ3n) is 15.7. The topological polar surface area (TPSA) is 198 Å². The summed E-state index contributed by atoms with van der Waals surface area (Å²) in [5, 5.41) is 36.8. The standard InChI is InChI=1S/C62H77N3O13/c1-4-6-7-8-9-10-11-12-13-20-59(69)64(39-44-23-28-56-57(34-44)74-42-73-56)58-38-53(63-76-41-43-21-24-47(25-22-43)65(70)71)51-36-45(18-14-16-31-66)50(19-15-17-32-67)60-52-37-49(77-48-26-29-54(72-3)46(35-48)40-68)27-30-55(52)78-62(58,61(51)60)75-33-5-2/h5,21-30,34-37,40,45,50,58,60-61,66-67H,2,4,6-20,31-33,38-39,41-42H2,1,3H3. The molecule has 4 aromatic carbocycles. The van der Waals surface area contributed by atoms with Gasteiger partial charge >= 0.3 is 0 Å². The number of fused-ring (bicyclic) bond motifs is 3. The molecule has 4 aliphatic rings. The number of nitrogens with zero attached hydrogens (tertiary/aromatic N) is 3. The van der Waals surface area contributed by atoms with E-state index in [0.29, 0.717) is 77.0 Å². The summed E-state index contributed by atoms with van der Waals surface area (Å²) in [4.78, 5) is 46.9. The lowest BCUT2D eigenvalue weighted by Gasteiger charge is -2.60. The average Bonchev–Trinajstić information content (AvgIpc) is 4.05. The minimum Gasteiger partial charge on any atom is -0.496 e. The third-order valence-corrected chi connectivity index (χ3v) is 15.7. The van der Waals surface area contributed by atoms with Gasteiger partial charge in [0, 0.05) is 56.2 Å². The summed E-state index contributed by atoms with van der Waals surface area (Å²) in [6, 6.07) is 21.9. The Balaban J connectivity index is 1.28. The van der Waals surface area contributed by atoms with Crippen molar-refractivity contribution in [3.05, 3.63) is 136 Å². The van der Waals surface area contributed by atoms with E-state index in [-0.39, 0.29) is 75.5 Å². The molecule has 8 rings (SSSR count). The van der Waals surface area contributed by atoms with E-state index in [2.05, 4.69) is 19.6 Å². The number of unbranched alkanes of at least 4 members (excludes halogenated alkanes) is 10. The Labute approximate surface area is 458 Å². The average molecular weight is 1070 g/mol. The summed E-state index contributed by atoms with van der Waals surface area (Å²) in [5.41, 5.74) is 4.14. The molecule has 1 saturated carbocycles. The molecule has 6 atom stereocenters. The first-order valence-corrected chi connectivity index (χ1v) is 28.1. The Kier molecular flexibility index (Phi) is 20.8. The molecule has 0 bridgehead atoms. The van der Waals surface area contributed by atoms with Gasteiger partial charge in [-0.3, -0.25) is 19.7 Å². The van der Waals surface area contributed by atoms with E-state index in [1.165, 1.54) is 51.3 Å². The smallest absolute Gasteiger partial charge is 0.269 e. The van der Waals surface area contributed by atoms with Gasteiger partial charge in [0.05, 0.1) is 35.8 Å². The second kappa shape index (κ2) is 28.2. The highest BCUT2D eigenvalue weighted by Crippen LogP contribution is 2.62. The highest BCUT2D eigenvalue weighted by atomic mass is 16.7. The van der Waals surface area contributed by atoms with Gasteiger partial charge in [-0.25, -0.2) is 0 Å². The molecule has 2 aliphatic heterocycles. The van der Waals surface area contributed by atoms with Gasteiger partial charge in [-0.1, -0.05) is 94.5 Å². The van der Waals surface area contributed by atoms with Crippen LogP contribution >= 0.6 is 0 Å². The Morgan fingerprint density at radius 2 is 1.54 bits per heavy atom. The number of carbonyl (C=O) groups is 2. The minimum atomic E-state index is -1.53. The number of methoxy groups -OCH3 is 1. The number of carbonyl (C=O) groups excluding carboxylic acids is 2. The normalized spacial score (nSPS) is 21.2. The highest BCUT2D eigenvalue weighted by molar-refractivity contribution is 6.03. The SMILES string of the molecule is C=CCOC12Oc3ccc(Oc4ccc(OC)c(C=O)c4)cc3C3C(CCCCO)C(CCCCO)C=C(C(=NOCc4ccc([N+](=O)[O-])cc4)CC1N(Cc1ccc4c(c1)OCO4)C(=O)CCCCCCCCCCC)C32. The number of ether oxygens (including phenoxy) is 6. The fraction of sp³-hybridized carbons (Fsp3) is 0.500. The molecule has 1 amide bonds. The summed E-state index contributed by atoms with van der Waals surface area (Å²) in [6.07, 6.45) is 19.2. The van der Waals surface area contributed by atoms with Gasteiger partial charge in [-0.2, -0.15) is 0 Å². The van der Waals surface area contributed by atoms with Crippen LogP contribution in [-0.2, 0) is 27.5 Å². The first-order chi connectivity index (χ1) is 38.1. The molecule has 2 N–H and O–H groups in total. The monoisotopic (exact) mass is 1070 g/mol. The Hall–Kier alpha value is -6.75. The van der Waals surface area contributed by atoms with Gasteiger partial charge in [0.2, 0.25) is 18.5 Å². The quantitative estimate of drug-likeness (QED) is 0.0154. The van der Waals surface area contributed by atoms with Crippen molar-refractivity contribution in [2.24, 2.45) is 22.9 Å². The molecule has 2 heterocycles. The van der Waals surface area contributed by atoms with Crippen LogP contribution in [0.4, 0.5) is 5.69 Å². The highest BCUT2D eigenvalue weighted by Gasteiger charge is 2.65. The molecular formula is C62H77N3O13. The fourth-order valence-corrected chi connectivity index (χ4v) is 12.0. The molecule has 6 unspecified atom stereocenters. The van der Waals surface area contributed by atoms with Crippen molar-refractivity contribution in [2.75, 3.05) is 33.7 Å². The van der Waals surface area contributed by atoms with Crippen molar-refractivity contribution >= 4 is 23.6 Å². The number of hydrogen-bond acceptors (Lipinski definition) is 14. The number of aldehydes is 1. The molecule has 2 aliphatic carbocycles. The first kappa shape index (κ1) is 57.4. The predicted molar refractivity (Wildman–Crippen MR) is 296 cm³/mol. The summed E-state index contributed by atoms with van der Waals surface area (Å²) in [6.45, 7) is 6.80. The number of amides is 1. The maximum absolute atomic E-state index is 15.5. The van der Waals surface area contributed by atoms with E-state index in [0.717, 1.165) is 67.9 Å². The lowest BCUT2D eigenvalue weighted by atomic mass is 9.55. The lowest BCUT2D eigenvalue weighted by molar-refractivity contribution is -0.384. The van der Waals surface area contributed by atoms with Crippen molar-refractivity contribution in [2.45, 2.75) is 147 Å². The van der Waals surface area contributed by atoms with Crippen LogP contribution in [-0.4, -0.2) is 83.5 Å². The zero-order chi connectivity index (χ0) is 54.9. The number of benzene rings is 4. The van der Waals surface area contributed by atoms with Crippen molar-refractivity contribution in [3.63, 3.8) is 0 Å². The number of aliphatic hydroxyl groups is 2. The third kappa shape index (κ3) is 13.7. The van der Waals surface area contributed by atoms with Crippen molar-refractivity contribution in [3.8, 4) is 34.5 Å². The maximum Gasteiger partial charge on any atom is 0.269 e. The van der Waals surface area contributed by atoms with Crippen LogP contribution in [0, 0.1) is 27.9 Å². The van der Waals surface area contributed by atoms with Crippen LogP contribution in [0.1, 0.15) is 149 Å². The summed E-state index contributed by atoms with van der Waals surface area (Å²) in [5.74, 6) is 0.517. The molecule has 0 radical (unpaired) electrons. The number of nitro groups is 1. The van der Waals surface area contributed by atoms with Crippen LogP contribution in [0.5, 0.6) is 34.5 Å². The van der Waals surface area contributed by atoms with Crippen molar-refractivity contribution in [1.29, 1.82) is 0 Å². The number of oxime groups is 1. The van der Waals surface area contributed by atoms with Gasteiger partial charge in [-0.15, -0.1) is 6.58 Å². The zero-order valence-corrected chi connectivity index (χ0v) is 45.3. The number of rotatable bonds is 32. The number of aliphatic hydroxyl groups excluding tert-OH is 2. The number of non-ortho nitro benzene ring substituents is 1. The molecule has 16 nitrogen and oxygen atoms in total. The lowest BCUT2D eigenvalue weighted by Crippen LogP contribution is -2.70. The Bertz CT molecular complexity index is 2730. The van der Waals surface area contributed by atoms with Crippen LogP contribution in [0.15, 0.2) is 108 Å². The van der Waals surface area contributed by atoms with Crippen LogP contribution < -0.4 is 23.7 Å². The van der Waals surface area contributed by atoms with E-state index in [4.69, 9.17) is 38.4 Å². The molecule has 0 saturated heterocycles. The van der Waals surface area contributed by atoms with Gasteiger partial charge < -0.3 is 48.4 Å². The molecule has 1 fully saturated rings. The van der Waals surface area contributed by atoms with Crippen LogP contribution in [0.25, 0.3) is 0 Å². The molecular weight excluding hydrogens is 995 g/mol. The van der Waals surface area contributed by atoms with Gasteiger partial charge in [0.1, 0.15) is 35.6 Å². The Morgan fingerprint density at radius 1 is 0.846 bits per heavy atom. The number of hydrogen-bond donors (Lipinski definition) is 2. The first-order valence-electron chi connectivity index (χ1n) is 28.1. The van der Waals surface area contributed by atoms with Gasteiger partial charge in [-0.05, 0) is 121 Å². The Morgan fingerprint density at radius 3 is 2.26 bits per heavy atom. The summed E-state index contributed by atoms with van der Waals surface area (Å²) in [7, 11) is 1.51. The van der Waals surface area contributed by atoms with Gasteiger partial charge in [0.15, 0.2) is 17.8 Å². The number of allylic oxidation sites excluding steroid dienone is 1. The second-order valence-corrected chi connectivity index (χ2v) is 20.9.